The first kappa shape index (κ1) is 51.4. The molecule has 20 heteroatoms. The van der Waals surface area contributed by atoms with Crippen molar-refractivity contribution in [1.82, 2.24) is 41.0 Å². The molecule has 68 heavy (non-hydrogen) atoms. The summed E-state index contributed by atoms with van der Waals surface area (Å²) in [6.07, 6.45) is -2.46. The highest BCUT2D eigenvalue weighted by atomic mass is 19.1. The van der Waals surface area contributed by atoms with Crippen LogP contribution >= 0.6 is 0 Å². The lowest BCUT2D eigenvalue weighted by molar-refractivity contribution is -0.150. The van der Waals surface area contributed by atoms with Crippen molar-refractivity contribution in [3.05, 3.63) is 59.2 Å². The molecule has 2 aromatic heterocycles. The fourth-order valence-corrected chi connectivity index (χ4v) is 9.31. The van der Waals surface area contributed by atoms with Gasteiger partial charge in [-0.2, -0.15) is 0 Å². The van der Waals surface area contributed by atoms with Crippen LogP contribution in [-0.2, 0) is 60.6 Å². The number of nitrogens with one attached hydrogen (secondary N) is 6. The van der Waals surface area contributed by atoms with Gasteiger partial charge in [0.25, 0.3) is 0 Å². The maximum Gasteiger partial charge on any atom is 0.302 e. The van der Waals surface area contributed by atoms with Crippen LogP contribution in [0.1, 0.15) is 65.5 Å². The SMILES string of the molecule is CN[C@@H](C)C(=O)N[C@H](C(=O)N1CC[C@H](OC(C)=O)[C@H]1Cc1c(-c2[nH]c3cc(F)ccc3c2C[C@@H]2[C@@H](OC(C)=O)CCN2C(=O)[C@@H](NC(=O)[C@H](C)NC)[C@@H](C)OC)[nH]c2cc(F)ccc12)C(C)OC. The smallest absolute Gasteiger partial charge is 0.302 e. The Kier molecular flexibility index (Phi) is 16.6. The van der Waals surface area contributed by atoms with Crippen LogP contribution in [0.25, 0.3) is 33.2 Å². The number of esters is 2. The Bertz CT molecular complexity index is 2340. The molecule has 370 valence electrons. The molecule has 2 aliphatic heterocycles. The molecule has 18 nitrogen and oxygen atoms in total. The highest BCUT2D eigenvalue weighted by Gasteiger charge is 2.46. The number of amides is 4. The lowest BCUT2D eigenvalue weighted by Crippen LogP contribution is -2.58. The maximum atomic E-state index is 15.1. The van der Waals surface area contributed by atoms with Crippen molar-refractivity contribution in [3.8, 4) is 11.4 Å². The van der Waals surface area contributed by atoms with Crippen molar-refractivity contribution in [2.24, 2.45) is 0 Å². The third-order valence-electron chi connectivity index (χ3n) is 13.4. The molecular formula is C48H64F2N8O10. The van der Waals surface area contributed by atoms with E-state index in [1.807, 2.05) is 0 Å². The molecule has 10 atom stereocenters. The fraction of sp³-hybridized carbons (Fsp3) is 0.542. The van der Waals surface area contributed by atoms with Crippen molar-refractivity contribution >= 4 is 57.4 Å². The topological polar surface area (TPSA) is 226 Å². The summed E-state index contributed by atoms with van der Waals surface area (Å²) < 4.78 is 53.1. The van der Waals surface area contributed by atoms with Crippen LogP contribution in [0.4, 0.5) is 8.78 Å². The van der Waals surface area contributed by atoms with Crippen molar-refractivity contribution in [1.29, 1.82) is 0 Å². The van der Waals surface area contributed by atoms with Gasteiger partial charge in [0.2, 0.25) is 23.6 Å². The van der Waals surface area contributed by atoms with E-state index < -0.39 is 108 Å². The van der Waals surface area contributed by atoms with Crippen LogP contribution < -0.4 is 21.3 Å². The molecule has 0 saturated carbocycles. The number of fused-ring (bicyclic) bond motifs is 2. The lowest BCUT2D eigenvalue weighted by atomic mass is 9.93. The second-order valence-electron chi connectivity index (χ2n) is 17.7. The van der Waals surface area contributed by atoms with Gasteiger partial charge in [-0.25, -0.2) is 8.78 Å². The Labute approximate surface area is 393 Å². The number of halogens is 2. The molecule has 0 bridgehead atoms. The monoisotopic (exact) mass is 950 g/mol. The Morgan fingerprint density at radius 1 is 0.647 bits per heavy atom. The summed E-state index contributed by atoms with van der Waals surface area (Å²) in [5.41, 5.74) is 2.84. The third-order valence-corrected chi connectivity index (χ3v) is 13.4. The Morgan fingerprint density at radius 3 is 1.34 bits per heavy atom. The number of aromatic nitrogens is 2. The molecule has 6 N–H and O–H groups in total. The number of H-pyrrole nitrogens is 2. The van der Waals surface area contributed by atoms with E-state index in [9.17, 15) is 28.8 Å². The Morgan fingerprint density at radius 2 is 1.01 bits per heavy atom. The molecule has 0 radical (unpaired) electrons. The molecule has 6 rings (SSSR count). The Hall–Kier alpha value is -5.96. The van der Waals surface area contributed by atoms with Gasteiger partial charge >= 0.3 is 11.9 Å². The first-order valence-electron chi connectivity index (χ1n) is 22.9. The summed E-state index contributed by atoms with van der Waals surface area (Å²) in [5.74, 6) is -3.99. The van der Waals surface area contributed by atoms with Gasteiger partial charge in [0.1, 0.15) is 35.9 Å². The van der Waals surface area contributed by atoms with E-state index in [2.05, 4.69) is 31.2 Å². The van der Waals surface area contributed by atoms with E-state index in [1.165, 1.54) is 52.3 Å². The molecule has 4 heterocycles. The van der Waals surface area contributed by atoms with Gasteiger partial charge in [-0.1, -0.05) is 0 Å². The summed E-state index contributed by atoms with van der Waals surface area (Å²) in [5, 5.41) is 12.6. The zero-order chi connectivity index (χ0) is 49.7. The van der Waals surface area contributed by atoms with Crippen molar-refractivity contribution in [2.75, 3.05) is 41.4 Å². The summed E-state index contributed by atoms with van der Waals surface area (Å²) in [4.78, 5) is 90.9. The molecule has 2 aromatic carbocycles. The van der Waals surface area contributed by atoms with E-state index in [-0.39, 0.29) is 38.8 Å². The van der Waals surface area contributed by atoms with Crippen LogP contribution in [0.3, 0.4) is 0 Å². The predicted molar refractivity (Wildman–Crippen MR) is 248 cm³/mol. The van der Waals surface area contributed by atoms with Crippen LogP contribution in [0.5, 0.6) is 0 Å². The van der Waals surface area contributed by atoms with E-state index in [4.69, 9.17) is 18.9 Å². The molecule has 2 aliphatic rings. The van der Waals surface area contributed by atoms with Crippen LogP contribution in [0.15, 0.2) is 36.4 Å². The molecule has 0 aliphatic carbocycles. The van der Waals surface area contributed by atoms with Gasteiger partial charge in [0.15, 0.2) is 0 Å². The van der Waals surface area contributed by atoms with Gasteiger partial charge in [0, 0.05) is 75.8 Å². The van der Waals surface area contributed by atoms with E-state index >= 15 is 8.78 Å². The quantitative estimate of drug-likeness (QED) is 0.0747. The predicted octanol–water partition coefficient (Wildman–Crippen LogP) is 3.00. The van der Waals surface area contributed by atoms with Gasteiger partial charge in [0.05, 0.1) is 47.8 Å². The Balaban J connectivity index is 1.50. The zero-order valence-corrected chi connectivity index (χ0v) is 40.2. The number of likely N-dealkylation sites (N-methyl/N-ethyl adjacent to an activating group) is 2. The number of nitrogens with zero attached hydrogens (tertiary/aromatic N) is 2. The third kappa shape index (κ3) is 11.0. The van der Waals surface area contributed by atoms with E-state index in [0.717, 1.165) is 0 Å². The van der Waals surface area contributed by atoms with E-state index in [1.54, 1.807) is 63.7 Å². The first-order chi connectivity index (χ1) is 32.3. The molecule has 2 fully saturated rings. The number of likely N-dealkylation sites (tertiary alicyclic amines) is 2. The molecule has 1 unspecified atom stereocenters. The fourth-order valence-electron chi connectivity index (χ4n) is 9.31. The van der Waals surface area contributed by atoms with Crippen LogP contribution in [-0.4, -0.2) is 157 Å². The number of methoxy groups -OCH3 is 2. The molecule has 0 spiro atoms. The van der Waals surface area contributed by atoms with Crippen LogP contribution in [0, 0.1) is 11.6 Å². The van der Waals surface area contributed by atoms with Gasteiger partial charge in [-0.05, 0) is 102 Å². The minimum Gasteiger partial charge on any atom is -0.460 e. The minimum absolute atomic E-state index is 0.0498. The summed E-state index contributed by atoms with van der Waals surface area (Å²) in [6, 6.07) is 3.36. The summed E-state index contributed by atoms with van der Waals surface area (Å²) >= 11 is 0. The number of rotatable bonds is 19. The van der Waals surface area contributed by atoms with Crippen LogP contribution in [0.2, 0.25) is 0 Å². The van der Waals surface area contributed by atoms with Crippen molar-refractivity contribution in [3.63, 3.8) is 0 Å². The largest absolute Gasteiger partial charge is 0.460 e. The number of carbonyl (C=O) groups is 6. The lowest BCUT2D eigenvalue weighted by Gasteiger charge is -2.34. The second kappa shape index (κ2) is 22.0. The second-order valence-corrected chi connectivity index (χ2v) is 17.7. The van der Waals surface area contributed by atoms with Gasteiger partial charge < -0.3 is 60.0 Å². The maximum absolute atomic E-state index is 15.1. The zero-order valence-electron chi connectivity index (χ0n) is 40.2. The molecule has 4 amide bonds. The normalized spacial score (nSPS) is 21.0. The van der Waals surface area contributed by atoms with Crippen molar-refractivity contribution < 1.29 is 56.5 Å². The number of benzene rings is 2. The average Bonchev–Trinajstić information content (AvgIpc) is 4.08. The highest BCUT2D eigenvalue weighted by Crippen LogP contribution is 2.40. The number of aromatic amines is 2. The minimum atomic E-state index is -1.12. The summed E-state index contributed by atoms with van der Waals surface area (Å²) in [6.45, 7) is 9.52. The summed E-state index contributed by atoms with van der Waals surface area (Å²) in [7, 11) is 6.10. The average molecular weight is 951 g/mol. The molecular weight excluding hydrogens is 887 g/mol. The molecule has 2 saturated heterocycles. The number of hydrogen-bond acceptors (Lipinski definition) is 12. The van der Waals surface area contributed by atoms with Gasteiger partial charge in [-0.3, -0.25) is 28.8 Å². The number of ether oxygens (including phenoxy) is 4. The number of carbonyl (C=O) groups excluding carboxylic acids is 6. The standard InChI is InChI=1S/C48H64F2N8O10/c1-23(51-7)45(61)55-41(25(3)65-9)47(63)57-17-15-39(67-27(5)59)37(57)21-33-31-13-11-29(49)19-35(31)53-43(33)44-34(32-14-12-30(50)20-36(32)54-44)22-38-40(68-28(6)60)16-18-58(38)48(64)42(26(4)66-10)56-46(62)24(2)52-8/h11-14,19-20,23-26,37-42,51-54H,15-18,21-22H2,1-10H3,(H,55,61)(H,56,62)/t23-,24-,25+,26?,37+,38+,39-,40-,41-,42-/m0/s1. The number of hydrogen-bond donors (Lipinski definition) is 6. The van der Waals surface area contributed by atoms with E-state index in [0.29, 0.717) is 44.3 Å². The first-order valence-corrected chi connectivity index (χ1v) is 22.9. The highest BCUT2D eigenvalue weighted by molar-refractivity contribution is 5.97. The van der Waals surface area contributed by atoms with Crippen molar-refractivity contribution in [2.45, 2.75) is 128 Å². The van der Waals surface area contributed by atoms with Gasteiger partial charge in [-0.15, -0.1) is 0 Å². The molecule has 4 aromatic rings.